The Morgan fingerprint density at radius 3 is 2.76 bits per heavy atom. The molecule has 0 saturated carbocycles. The van der Waals surface area contributed by atoms with E-state index >= 15 is 0 Å². The van der Waals surface area contributed by atoms with Crippen molar-refractivity contribution in [3.63, 3.8) is 0 Å². The summed E-state index contributed by atoms with van der Waals surface area (Å²) in [7, 11) is 0. The van der Waals surface area contributed by atoms with Gasteiger partial charge < -0.3 is 4.74 Å². The van der Waals surface area contributed by atoms with Crippen LogP contribution in [-0.4, -0.2) is 27.3 Å². The molecule has 0 radical (unpaired) electrons. The first-order valence-corrected chi connectivity index (χ1v) is 9.56. The Morgan fingerprint density at radius 1 is 1.21 bits per heavy atom. The largest absolute Gasteiger partial charge is 0.494 e. The molecule has 4 aromatic rings. The van der Waals surface area contributed by atoms with Crippen molar-refractivity contribution >= 4 is 32.6 Å². The fourth-order valence-corrected chi connectivity index (χ4v) is 3.56. The number of carbonyl (C=O) groups is 1. The molecule has 1 amide bonds. The molecule has 0 fully saturated rings. The normalized spacial score (nSPS) is 10.8. The van der Waals surface area contributed by atoms with Gasteiger partial charge in [-0.25, -0.2) is 14.1 Å². The lowest BCUT2D eigenvalue weighted by atomic mass is 10.3. The number of hydrogen-bond acceptors (Lipinski definition) is 6. The number of benzene rings is 2. The number of amides is 1. The minimum Gasteiger partial charge on any atom is -0.494 e. The lowest BCUT2D eigenvalue weighted by Crippen LogP contribution is -2.25. The van der Waals surface area contributed by atoms with E-state index in [0.29, 0.717) is 28.3 Å². The zero-order valence-corrected chi connectivity index (χ0v) is 16.1. The molecule has 2 aromatic heterocycles. The van der Waals surface area contributed by atoms with Crippen molar-refractivity contribution in [3.05, 3.63) is 76.5 Å². The van der Waals surface area contributed by atoms with Gasteiger partial charge in [-0.1, -0.05) is 11.3 Å². The van der Waals surface area contributed by atoms with Crippen molar-refractivity contribution < 1.29 is 13.9 Å². The topological polar surface area (TPSA) is 86.1 Å². The number of nitrogens with zero attached hydrogens (tertiary/aromatic N) is 3. The third kappa shape index (κ3) is 3.99. The number of thiazole rings is 1. The van der Waals surface area contributed by atoms with Crippen LogP contribution in [0.4, 0.5) is 9.52 Å². The Labute approximate surface area is 168 Å². The molecule has 2 aromatic carbocycles. The third-order valence-electron chi connectivity index (χ3n) is 4.01. The van der Waals surface area contributed by atoms with Crippen LogP contribution in [0.15, 0.2) is 59.5 Å². The van der Waals surface area contributed by atoms with Gasteiger partial charge in [-0.15, -0.1) is 0 Å². The molecule has 0 spiro atoms. The van der Waals surface area contributed by atoms with Gasteiger partial charge in [-0.2, -0.15) is 5.10 Å². The van der Waals surface area contributed by atoms with E-state index in [1.165, 1.54) is 35.1 Å². The summed E-state index contributed by atoms with van der Waals surface area (Å²) in [5.41, 5.74) is 0.432. The second-order valence-electron chi connectivity index (χ2n) is 5.99. The predicted octanol–water partition coefficient (Wildman–Crippen LogP) is 3.63. The summed E-state index contributed by atoms with van der Waals surface area (Å²) in [6.07, 6.45) is 1.48. The van der Waals surface area contributed by atoms with Crippen LogP contribution in [0.3, 0.4) is 0 Å². The summed E-state index contributed by atoms with van der Waals surface area (Å²) in [4.78, 5) is 29.0. The maximum atomic E-state index is 13.3. The number of halogens is 1. The summed E-state index contributed by atoms with van der Waals surface area (Å²) < 4.78 is 20.8. The van der Waals surface area contributed by atoms with Crippen LogP contribution in [0, 0.1) is 5.82 Å². The molecule has 7 nitrogen and oxygen atoms in total. The molecule has 0 saturated heterocycles. The molecule has 0 atom stereocenters. The number of fused-ring (bicyclic) bond motifs is 1. The van der Waals surface area contributed by atoms with E-state index in [9.17, 15) is 14.0 Å². The van der Waals surface area contributed by atoms with Crippen LogP contribution < -0.4 is 15.5 Å². The third-order valence-corrected chi connectivity index (χ3v) is 4.94. The highest BCUT2D eigenvalue weighted by molar-refractivity contribution is 7.22. The molecule has 146 valence electrons. The molecule has 0 bridgehead atoms. The highest BCUT2D eigenvalue weighted by Crippen LogP contribution is 2.26. The predicted molar refractivity (Wildman–Crippen MR) is 109 cm³/mol. The van der Waals surface area contributed by atoms with E-state index in [4.69, 9.17) is 4.74 Å². The summed E-state index contributed by atoms with van der Waals surface area (Å²) in [5, 5.41) is 6.97. The minimum absolute atomic E-state index is 0.258. The monoisotopic (exact) mass is 410 g/mol. The first-order valence-electron chi connectivity index (χ1n) is 8.74. The van der Waals surface area contributed by atoms with Crippen LogP contribution in [-0.2, 0) is 0 Å². The fraction of sp³-hybridized carbons (Fsp3) is 0.100. The number of nitrogens with one attached hydrogen (secondary N) is 1. The smallest absolute Gasteiger partial charge is 0.281 e. The lowest BCUT2D eigenvalue weighted by molar-refractivity contribution is 0.101. The highest BCUT2D eigenvalue weighted by Gasteiger charge is 2.16. The van der Waals surface area contributed by atoms with Crippen molar-refractivity contribution in [1.82, 2.24) is 14.8 Å². The zero-order valence-electron chi connectivity index (χ0n) is 15.3. The van der Waals surface area contributed by atoms with E-state index in [0.717, 1.165) is 11.3 Å². The van der Waals surface area contributed by atoms with E-state index < -0.39 is 11.3 Å². The van der Waals surface area contributed by atoms with Crippen molar-refractivity contribution in [2.45, 2.75) is 6.92 Å². The molecular weight excluding hydrogens is 395 g/mol. The van der Waals surface area contributed by atoms with Gasteiger partial charge in [-0.05, 0) is 49.4 Å². The standard InChI is InChI=1S/C20H15FN4O3S/c1-2-28-14-6-4-13(5-7-14)25-10-9-16(26)18(24-25)19(27)23-20-22-15-8-3-12(21)11-17(15)29-20/h3-11H,2H2,1H3,(H,22,23,27). The molecule has 29 heavy (non-hydrogen) atoms. The SMILES string of the molecule is CCOc1ccc(-n2ccc(=O)c(C(=O)Nc3nc4ccc(F)cc4s3)n2)cc1. The van der Waals surface area contributed by atoms with Crippen LogP contribution in [0.25, 0.3) is 15.9 Å². The lowest BCUT2D eigenvalue weighted by Gasteiger charge is -2.08. The molecule has 2 heterocycles. The number of anilines is 1. The number of carbonyl (C=O) groups excluding carboxylic acids is 1. The zero-order chi connectivity index (χ0) is 20.4. The Balaban J connectivity index is 1.60. The summed E-state index contributed by atoms with van der Waals surface area (Å²) in [6.45, 7) is 2.45. The summed E-state index contributed by atoms with van der Waals surface area (Å²) in [6, 6.07) is 12.5. The second kappa shape index (κ2) is 7.80. The van der Waals surface area contributed by atoms with Crippen molar-refractivity contribution in [2.75, 3.05) is 11.9 Å². The second-order valence-corrected chi connectivity index (χ2v) is 7.02. The molecule has 1 N–H and O–H groups in total. The van der Waals surface area contributed by atoms with Gasteiger partial charge in [0.1, 0.15) is 11.6 Å². The molecule has 0 aliphatic heterocycles. The average molecular weight is 410 g/mol. The Hall–Kier alpha value is -3.59. The maximum Gasteiger partial charge on any atom is 0.281 e. The van der Waals surface area contributed by atoms with Gasteiger partial charge in [0, 0.05) is 12.3 Å². The van der Waals surface area contributed by atoms with Gasteiger partial charge in [0.25, 0.3) is 5.91 Å². The van der Waals surface area contributed by atoms with Crippen LogP contribution >= 0.6 is 11.3 Å². The van der Waals surface area contributed by atoms with Crippen molar-refractivity contribution in [3.8, 4) is 11.4 Å². The number of aromatic nitrogens is 3. The number of hydrogen-bond donors (Lipinski definition) is 1. The number of rotatable bonds is 5. The molecule has 0 unspecified atom stereocenters. The maximum absolute atomic E-state index is 13.3. The van der Waals surface area contributed by atoms with Gasteiger partial charge in [-0.3, -0.25) is 14.9 Å². The Morgan fingerprint density at radius 2 is 2.00 bits per heavy atom. The van der Waals surface area contributed by atoms with Crippen molar-refractivity contribution in [1.29, 1.82) is 0 Å². The van der Waals surface area contributed by atoms with Gasteiger partial charge in [0.15, 0.2) is 10.8 Å². The van der Waals surface area contributed by atoms with Gasteiger partial charge in [0.05, 0.1) is 22.5 Å². The first-order chi connectivity index (χ1) is 14.0. The van der Waals surface area contributed by atoms with Crippen LogP contribution in [0.2, 0.25) is 0 Å². The molecule has 4 rings (SSSR count). The van der Waals surface area contributed by atoms with Crippen LogP contribution in [0.5, 0.6) is 5.75 Å². The molecule has 9 heteroatoms. The van der Waals surface area contributed by atoms with E-state index in [-0.39, 0.29) is 16.6 Å². The fourth-order valence-electron chi connectivity index (χ4n) is 2.68. The summed E-state index contributed by atoms with van der Waals surface area (Å²) in [5.74, 6) is -0.362. The Kier molecular flexibility index (Phi) is 5.05. The Bertz CT molecular complexity index is 1250. The average Bonchev–Trinajstić information content (AvgIpc) is 3.10. The summed E-state index contributed by atoms with van der Waals surface area (Å²) >= 11 is 1.11. The molecule has 0 aliphatic rings. The highest BCUT2D eigenvalue weighted by atomic mass is 32.1. The first kappa shape index (κ1) is 18.8. The number of ether oxygens (including phenoxy) is 1. The van der Waals surface area contributed by atoms with Crippen molar-refractivity contribution in [2.24, 2.45) is 0 Å². The van der Waals surface area contributed by atoms with Gasteiger partial charge >= 0.3 is 0 Å². The van der Waals surface area contributed by atoms with Crippen LogP contribution in [0.1, 0.15) is 17.4 Å². The van der Waals surface area contributed by atoms with E-state index in [1.54, 1.807) is 24.3 Å². The van der Waals surface area contributed by atoms with E-state index in [2.05, 4.69) is 15.4 Å². The van der Waals surface area contributed by atoms with Gasteiger partial charge in [0.2, 0.25) is 5.43 Å². The minimum atomic E-state index is -0.685. The quantitative estimate of drug-likeness (QED) is 0.543. The molecule has 0 aliphatic carbocycles. The molecular formula is C20H15FN4O3S. The van der Waals surface area contributed by atoms with E-state index in [1.807, 2.05) is 6.92 Å².